The molecule has 0 aliphatic carbocycles. The van der Waals surface area contributed by atoms with Crippen molar-refractivity contribution in [1.29, 1.82) is 0 Å². The van der Waals surface area contributed by atoms with Gasteiger partial charge in [-0.1, -0.05) is 0 Å². The van der Waals surface area contributed by atoms with Crippen molar-refractivity contribution in [2.24, 2.45) is 0 Å². The quantitative estimate of drug-likeness (QED) is 0.887. The molecule has 1 aromatic heterocycles. The molecule has 0 bridgehead atoms. The van der Waals surface area contributed by atoms with Gasteiger partial charge >= 0.3 is 0 Å². The first-order valence-electron chi connectivity index (χ1n) is 7.93. The summed E-state index contributed by atoms with van der Waals surface area (Å²) in [5.74, 6) is 1.11. The third kappa shape index (κ3) is 3.62. The number of rotatable bonds is 4. The van der Waals surface area contributed by atoms with Crippen LogP contribution in [0.4, 0.5) is 17.3 Å². The number of anilines is 3. The number of carbonyl (C=O) groups is 1. The Labute approximate surface area is 141 Å². The van der Waals surface area contributed by atoms with Crippen LogP contribution < -0.4 is 11.1 Å². The topological polar surface area (TPSA) is 87.4 Å². The van der Waals surface area contributed by atoms with Crippen molar-refractivity contribution in [3.63, 3.8) is 0 Å². The Bertz CT molecular complexity index is 715. The van der Waals surface area contributed by atoms with Crippen LogP contribution >= 0.6 is 0 Å². The first-order valence-corrected chi connectivity index (χ1v) is 7.93. The van der Waals surface area contributed by atoms with E-state index in [4.69, 9.17) is 5.73 Å². The molecule has 24 heavy (non-hydrogen) atoms. The number of likely N-dealkylation sites (N-methyl/N-ethyl adjacent to an activating group) is 1. The van der Waals surface area contributed by atoms with E-state index in [9.17, 15) is 4.79 Å². The number of benzene rings is 1. The van der Waals surface area contributed by atoms with Gasteiger partial charge in [-0.15, -0.1) is 0 Å². The molecule has 7 heteroatoms. The Kier molecular flexibility index (Phi) is 4.61. The fourth-order valence-corrected chi connectivity index (χ4v) is 2.82. The van der Waals surface area contributed by atoms with E-state index in [-0.39, 0.29) is 5.91 Å². The highest BCUT2D eigenvalue weighted by molar-refractivity contribution is 5.94. The Balaban J connectivity index is 1.65. The van der Waals surface area contributed by atoms with Gasteiger partial charge in [0.05, 0.1) is 0 Å². The van der Waals surface area contributed by atoms with Crippen LogP contribution in [0.15, 0.2) is 36.7 Å². The number of nitrogens with two attached hydrogens (primary N) is 1. The Morgan fingerprint density at radius 2 is 2.04 bits per heavy atom. The van der Waals surface area contributed by atoms with Crippen LogP contribution in [-0.4, -0.2) is 58.9 Å². The molecule has 7 nitrogen and oxygen atoms in total. The van der Waals surface area contributed by atoms with Crippen molar-refractivity contribution in [2.45, 2.75) is 12.5 Å². The van der Waals surface area contributed by atoms with E-state index < -0.39 is 0 Å². The van der Waals surface area contributed by atoms with E-state index in [1.165, 1.54) is 6.33 Å². The lowest BCUT2D eigenvalue weighted by Gasteiger charge is -2.20. The van der Waals surface area contributed by atoms with Gasteiger partial charge in [-0.3, -0.25) is 4.79 Å². The lowest BCUT2D eigenvalue weighted by molar-refractivity contribution is 0.0783. The van der Waals surface area contributed by atoms with Gasteiger partial charge in [0.2, 0.25) is 0 Å². The smallest absolute Gasteiger partial charge is 0.253 e. The number of amides is 1. The fraction of sp³-hybridized carbons (Fsp3) is 0.353. The first-order chi connectivity index (χ1) is 11.5. The molecule has 0 unspecified atom stereocenters. The van der Waals surface area contributed by atoms with Crippen molar-refractivity contribution in [1.82, 2.24) is 19.8 Å². The summed E-state index contributed by atoms with van der Waals surface area (Å²) < 4.78 is 0. The molecule has 1 aliphatic heterocycles. The second-order valence-electron chi connectivity index (χ2n) is 6.19. The highest BCUT2D eigenvalue weighted by atomic mass is 16.2. The highest BCUT2D eigenvalue weighted by Gasteiger charge is 2.27. The van der Waals surface area contributed by atoms with Gasteiger partial charge < -0.3 is 20.9 Å². The minimum absolute atomic E-state index is 0.0807. The third-order valence-electron chi connectivity index (χ3n) is 4.27. The summed E-state index contributed by atoms with van der Waals surface area (Å²) in [5.41, 5.74) is 7.17. The molecule has 3 N–H and O–H groups in total. The summed E-state index contributed by atoms with van der Waals surface area (Å²) in [5, 5.41) is 3.14. The van der Waals surface area contributed by atoms with E-state index in [0.717, 1.165) is 25.2 Å². The normalized spacial score (nSPS) is 17.3. The molecule has 1 atom stereocenters. The Morgan fingerprint density at radius 3 is 2.67 bits per heavy atom. The molecular weight excluding hydrogens is 304 g/mol. The minimum atomic E-state index is 0.0807. The predicted molar refractivity (Wildman–Crippen MR) is 94.2 cm³/mol. The maximum absolute atomic E-state index is 12.6. The fourth-order valence-electron chi connectivity index (χ4n) is 2.82. The molecule has 0 radical (unpaired) electrons. The van der Waals surface area contributed by atoms with Gasteiger partial charge in [-0.2, -0.15) is 0 Å². The van der Waals surface area contributed by atoms with Crippen LogP contribution in [0, 0.1) is 0 Å². The zero-order chi connectivity index (χ0) is 17.1. The van der Waals surface area contributed by atoms with Gasteiger partial charge in [-0.25, -0.2) is 9.97 Å². The second-order valence-corrected chi connectivity index (χ2v) is 6.19. The van der Waals surface area contributed by atoms with Crippen molar-refractivity contribution >= 4 is 23.2 Å². The van der Waals surface area contributed by atoms with E-state index in [1.54, 1.807) is 6.07 Å². The molecule has 0 saturated carbocycles. The van der Waals surface area contributed by atoms with Crippen LogP contribution in [0.25, 0.3) is 0 Å². The molecule has 1 amide bonds. The van der Waals surface area contributed by atoms with Crippen LogP contribution in [0.5, 0.6) is 0 Å². The molecular formula is C17H22N6O. The van der Waals surface area contributed by atoms with E-state index >= 15 is 0 Å². The zero-order valence-electron chi connectivity index (χ0n) is 13.9. The van der Waals surface area contributed by atoms with Gasteiger partial charge in [0.15, 0.2) is 0 Å². The van der Waals surface area contributed by atoms with Gasteiger partial charge in [-0.05, 0) is 44.8 Å². The first kappa shape index (κ1) is 16.2. The number of hydrogen-bond acceptors (Lipinski definition) is 6. The average molecular weight is 326 g/mol. The lowest BCUT2D eigenvalue weighted by Crippen LogP contribution is -2.34. The van der Waals surface area contributed by atoms with E-state index in [0.29, 0.717) is 23.2 Å². The molecule has 2 aromatic rings. The molecule has 3 rings (SSSR count). The largest absolute Gasteiger partial charge is 0.384 e. The molecule has 1 aromatic carbocycles. The van der Waals surface area contributed by atoms with Crippen molar-refractivity contribution in [3.8, 4) is 0 Å². The van der Waals surface area contributed by atoms with Crippen molar-refractivity contribution in [2.75, 3.05) is 38.2 Å². The average Bonchev–Trinajstić information content (AvgIpc) is 3.05. The number of aromatic nitrogens is 2. The SMILES string of the molecule is CN(C)[C@@H]1CCN(C(=O)c2ccc(Nc3cc(N)ncn3)cc2)C1. The summed E-state index contributed by atoms with van der Waals surface area (Å²) in [6.45, 7) is 1.59. The second kappa shape index (κ2) is 6.84. The number of likely N-dealkylation sites (tertiary alicyclic amines) is 1. The maximum atomic E-state index is 12.6. The third-order valence-corrected chi connectivity index (χ3v) is 4.27. The lowest BCUT2D eigenvalue weighted by atomic mass is 10.2. The maximum Gasteiger partial charge on any atom is 0.253 e. The minimum Gasteiger partial charge on any atom is -0.384 e. The number of hydrogen-bond donors (Lipinski definition) is 2. The van der Waals surface area contributed by atoms with Crippen molar-refractivity contribution in [3.05, 3.63) is 42.2 Å². The van der Waals surface area contributed by atoms with Crippen LogP contribution in [0.1, 0.15) is 16.8 Å². The predicted octanol–water partition coefficient (Wildman–Crippen LogP) is 1.58. The molecule has 1 saturated heterocycles. The summed E-state index contributed by atoms with van der Waals surface area (Å²) in [6.07, 6.45) is 2.43. The molecule has 1 aliphatic rings. The van der Waals surface area contributed by atoms with E-state index in [1.807, 2.05) is 29.2 Å². The Morgan fingerprint density at radius 1 is 1.29 bits per heavy atom. The summed E-state index contributed by atoms with van der Waals surface area (Å²) in [6, 6.07) is 9.50. The zero-order valence-corrected chi connectivity index (χ0v) is 13.9. The van der Waals surface area contributed by atoms with Gasteiger partial charge in [0.1, 0.15) is 18.0 Å². The monoisotopic (exact) mass is 326 g/mol. The number of carbonyl (C=O) groups excluding carboxylic acids is 1. The van der Waals surface area contributed by atoms with Crippen LogP contribution in [-0.2, 0) is 0 Å². The summed E-state index contributed by atoms with van der Waals surface area (Å²) >= 11 is 0. The van der Waals surface area contributed by atoms with Crippen LogP contribution in [0.2, 0.25) is 0 Å². The molecule has 1 fully saturated rings. The van der Waals surface area contributed by atoms with Gasteiger partial charge in [0.25, 0.3) is 5.91 Å². The number of nitrogens with one attached hydrogen (secondary N) is 1. The van der Waals surface area contributed by atoms with E-state index in [2.05, 4.69) is 34.3 Å². The highest BCUT2D eigenvalue weighted by Crippen LogP contribution is 2.19. The molecule has 126 valence electrons. The Hall–Kier alpha value is -2.67. The van der Waals surface area contributed by atoms with Gasteiger partial charge in [0, 0.05) is 36.4 Å². The molecule has 2 heterocycles. The van der Waals surface area contributed by atoms with Crippen molar-refractivity contribution < 1.29 is 4.79 Å². The number of nitrogen functional groups attached to an aromatic ring is 1. The molecule has 0 spiro atoms. The summed E-state index contributed by atoms with van der Waals surface area (Å²) in [4.78, 5) is 24.6. The summed E-state index contributed by atoms with van der Waals surface area (Å²) in [7, 11) is 4.11. The van der Waals surface area contributed by atoms with Crippen LogP contribution in [0.3, 0.4) is 0 Å². The number of nitrogens with zero attached hydrogens (tertiary/aromatic N) is 4. The standard InChI is InChI=1S/C17H22N6O/c1-22(2)14-7-8-23(10-14)17(24)12-3-5-13(6-4-12)21-16-9-15(18)19-11-20-16/h3-6,9,11,14H,7-8,10H2,1-2H3,(H3,18,19,20,21)/t14-/m1/s1.